The summed E-state index contributed by atoms with van der Waals surface area (Å²) in [4.78, 5) is 14.6. The summed E-state index contributed by atoms with van der Waals surface area (Å²) in [6.45, 7) is 0.728. The van der Waals surface area contributed by atoms with Gasteiger partial charge in [0.25, 0.3) is 5.69 Å². The van der Waals surface area contributed by atoms with Gasteiger partial charge in [-0.25, -0.2) is 0 Å². The fraction of sp³-hybridized carbons (Fsp3) is 0.214. The van der Waals surface area contributed by atoms with Crippen molar-refractivity contribution in [2.75, 3.05) is 11.9 Å². The van der Waals surface area contributed by atoms with E-state index in [-0.39, 0.29) is 10.6 Å². The van der Waals surface area contributed by atoms with Crippen LogP contribution in [0.5, 0.6) is 0 Å². The van der Waals surface area contributed by atoms with Gasteiger partial charge >= 0.3 is 0 Å². The summed E-state index contributed by atoms with van der Waals surface area (Å²) < 4.78 is 0. The Morgan fingerprint density at radius 2 is 2.21 bits per heavy atom. The van der Waals surface area contributed by atoms with Gasteiger partial charge in [-0.05, 0) is 18.6 Å². The Bertz CT molecular complexity index is 647. The van der Waals surface area contributed by atoms with E-state index in [9.17, 15) is 10.1 Å². The van der Waals surface area contributed by atoms with Crippen LogP contribution in [0.25, 0.3) is 10.8 Å². The number of nitro benzene ring substituents is 1. The van der Waals surface area contributed by atoms with Gasteiger partial charge < -0.3 is 5.32 Å². The number of non-ortho nitro benzene ring substituents is 1. The number of unbranched alkanes of at least 4 members (excludes halogenated alkanes) is 1. The molecule has 0 spiro atoms. The van der Waals surface area contributed by atoms with Crippen LogP contribution in [-0.2, 0) is 0 Å². The standard InChI is InChI=1S/C14H13N3O2/c1-2-3-4-8-16-13-5-6-14(17(18)19)11-7-9-15-10-12(11)13/h1,5-7,9-10,16H,3-4,8H2. The Morgan fingerprint density at radius 1 is 1.37 bits per heavy atom. The van der Waals surface area contributed by atoms with Crippen molar-refractivity contribution in [2.24, 2.45) is 0 Å². The minimum absolute atomic E-state index is 0.0894. The molecule has 0 saturated carbocycles. The van der Waals surface area contributed by atoms with E-state index in [0.29, 0.717) is 11.8 Å². The monoisotopic (exact) mass is 255 g/mol. The summed E-state index contributed by atoms with van der Waals surface area (Å²) in [7, 11) is 0. The van der Waals surface area contributed by atoms with E-state index in [2.05, 4.69) is 16.2 Å². The van der Waals surface area contributed by atoms with Gasteiger partial charge in [0.05, 0.1) is 10.3 Å². The number of hydrogen-bond acceptors (Lipinski definition) is 4. The van der Waals surface area contributed by atoms with Gasteiger partial charge in [-0.1, -0.05) is 0 Å². The van der Waals surface area contributed by atoms with Crippen LogP contribution in [0.4, 0.5) is 11.4 Å². The highest BCUT2D eigenvalue weighted by Crippen LogP contribution is 2.30. The van der Waals surface area contributed by atoms with Crippen LogP contribution < -0.4 is 5.32 Å². The number of nitrogens with one attached hydrogen (secondary N) is 1. The highest BCUT2D eigenvalue weighted by molar-refractivity contribution is 5.99. The Morgan fingerprint density at radius 3 is 2.95 bits per heavy atom. The highest BCUT2D eigenvalue weighted by Gasteiger charge is 2.13. The maximum atomic E-state index is 11.0. The zero-order valence-corrected chi connectivity index (χ0v) is 10.3. The third-order valence-corrected chi connectivity index (χ3v) is 2.81. The number of terminal acetylenes is 1. The van der Waals surface area contributed by atoms with Crippen LogP contribution >= 0.6 is 0 Å². The van der Waals surface area contributed by atoms with Crippen molar-refractivity contribution in [2.45, 2.75) is 12.8 Å². The molecular formula is C14H13N3O2. The van der Waals surface area contributed by atoms with Crippen molar-refractivity contribution in [1.29, 1.82) is 0 Å². The summed E-state index contributed by atoms with van der Waals surface area (Å²) in [5.74, 6) is 2.57. The molecule has 0 bridgehead atoms. The first-order valence-corrected chi connectivity index (χ1v) is 5.92. The van der Waals surface area contributed by atoms with E-state index < -0.39 is 0 Å². The third-order valence-electron chi connectivity index (χ3n) is 2.81. The van der Waals surface area contributed by atoms with Gasteiger partial charge in [-0.2, -0.15) is 0 Å². The Balaban J connectivity index is 2.33. The number of fused-ring (bicyclic) bond motifs is 1. The van der Waals surface area contributed by atoms with Crippen LogP contribution in [0.2, 0.25) is 0 Å². The minimum atomic E-state index is -0.384. The van der Waals surface area contributed by atoms with Crippen molar-refractivity contribution in [3.05, 3.63) is 40.7 Å². The number of nitro groups is 1. The smallest absolute Gasteiger partial charge is 0.277 e. The average Bonchev–Trinajstić information content (AvgIpc) is 2.43. The average molecular weight is 255 g/mol. The molecule has 0 amide bonds. The minimum Gasteiger partial charge on any atom is -0.384 e. The third kappa shape index (κ3) is 2.80. The first kappa shape index (κ1) is 12.8. The number of pyridine rings is 1. The van der Waals surface area contributed by atoms with Crippen LogP contribution in [0.3, 0.4) is 0 Å². The van der Waals surface area contributed by atoms with Crippen molar-refractivity contribution in [3.63, 3.8) is 0 Å². The summed E-state index contributed by atoms with van der Waals surface area (Å²) in [5.41, 5.74) is 0.928. The molecule has 0 aliphatic heterocycles. The second-order valence-corrected chi connectivity index (χ2v) is 4.05. The Labute approximate surface area is 110 Å². The molecule has 1 heterocycles. The number of nitrogens with zero attached hydrogens (tertiary/aromatic N) is 2. The van der Waals surface area contributed by atoms with Gasteiger partial charge in [0, 0.05) is 42.5 Å². The van der Waals surface area contributed by atoms with Gasteiger partial charge in [-0.3, -0.25) is 15.1 Å². The molecule has 0 unspecified atom stereocenters. The molecule has 1 N–H and O–H groups in total. The molecule has 2 aromatic rings. The number of benzene rings is 1. The predicted molar refractivity (Wildman–Crippen MR) is 75.0 cm³/mol. The summed E-state index contributed by atoms with van der Waals surface area (Å²) in [5, 5.41) is 15.5. The summed E-state index contributed by atoms with van der Waals surface area (Å²) >= 11 is 0. The molecule has 0 aliphatic rings. The fourth-order valence-corrected chi connectivity index (χ4v) is 1.90. The lowest BCUT2D eigenvalue weighted by Crippen LogP contribution is -2.02. The first-order chi connectivity index (χ1) is 9.24. The molecule has 5 heteroatoms. The predicted octanol–water partition coefficient (Wildman–Crippen LogP) is 2.97. The number of rotatable bonds is 5. The highest BCUT2D eigenvalue weighted by atomic mass is 16.6. The van der Waals surface area contributed by atoms with Gasteiger partial charge in [0.15, 0.2) is 0 Å². The molecular weight excluding hydrogens is 242 g/mol. The number of aromatic nitrogens is 1. The molecule has 0 fully saturated rings. The number of hydrogen-bond donors (Lipinski definition) is 1. The van der Waals surface area contributed by atoms with Gasteiger partial charge in [0.2, 0.25) is 0 Å². The van der Waals surface area contributed by atoms with Crippen LogP contribution in [0, 0.1) is 22.5 Å². The van der Waals surface area contributed by atoms with E-state index in [0.717, 1.165) is 24.0 Å². The summed E-state index contributed by atoms with van der Waals surface area (Å²) in [6.07, 6.45) is 9.93. The largest absolute Gasteiger partial charge is 0.384 e. The lowest BCUT2D eigenvalue weighted by molar-refractivity contribution is -0.383. The molecule has 5 nitrogen and oxygen atoms in total. The zero-order valence-electron chi connectivity index (χ0n) is 10.3. The number of anilines is 1. The summed E-state index contributed by atoms with van der Waals surface area (Å²) in [6, 6.07) is 4.87. The van der Waals surface area contributed by atoms with Crippen LogP contribution in [0.15, 0.2) is 30.6 Å². The quantitative estimate of drug-likeness (QED) is 0.386. The molecule has 0 radical (unpaired) electrons. The molecule has 96 valence electrons. The van der Waals surface area contributed by atoms with Crippen molar-refractivity contribution in [3.8, 4) is 12.3 Å². The molecule has 0 saturated heterocycles. The second kappa shape index (κ2) is 5.83. The first-order valence-electron chi connectivity index (χ1n) is 5.92. The van der Waals surface area contributed by atoms with Gasteiger partial charge in [-0.15, -0.1) is 12.3 Å². The lowest BCUT2D eigenvalue weighted by atomic mass is 10.1. The molecule has 19 heavy (non-hydrogen) atoms. The molecule has 1 aromatic carbocycles. The van der Waals surface area contributed by atoms with E-state index >= 15 is 0 Å². The SMILES string of the molecule is C#CCCCNc1ccc([N+](=O)[O-])c2ccncc12. The maximum Gasteiger partial charge on any atom is 0.277 e. The molecule has 0 atom stereocenters. The zero-order chi connectivity index (χ0) is 13.7. The molecule has 1 aromatic heterocycles. The Hall–Kier alpha value is -2.61. The van der Waals surface area contributed by atoms with Gasteiger partial charge in [0.1, 0.15) is 0 Å². The fourth-order valence-electron chi connectivity index (χ4n) is 1.90. The van der Waals surface area contributed by atoms with Crippen LogP contribution in [-0.4, -0.2) is 16.5 Å². The maximum absolute atomic E-state index is 11.0. The normalized spacial score (nSPS) is 10.1. The van der Waals surface area contributed by atoms with E-state index in [1.165, 1.54) is 6.07 Å². The van der Waals surface area contributed by atoms with E-state index in [1.807, 2.05) is 0 Å². The van der Waals surface area contributed by atoms with E-state index in [4.69, 9.17) is 6.42 Å². The molecule has 0 aliphatic carbocycles. The Kier molecular flexibility index (Phi) is 3.94. The molecule has 2 rings (SSSR count). The topological polar surface area (TPSA) is 68.1 Å². The lowest BCUT2D eigenvalue weighted by Gasteiger charge is -2.09. The second-order valence-electron chi connectivity index (χ2n) is 4.05. The van der Waals surface area contributed by atoms with Crippen molar-refractivity contribution >= 4 is 22.1 Å². The van der Waals surface area contributed by atoms with Crippen molar-refractivity contribution < 1.29 is 4.92 Å². The van der Waals surface area contributed by atoms with Crippen LogP contribution in [0.1, 0.15) is 12.8 Å². The van der Waals surface area contributed by atoms with Crippen molar-refractivity contribution in [1.82, 2.24) is 4.98 Å². The van der Waals surface area contributed by atoms with E-state index in [1.54, 1.807) is 24.5 Å².